The lowest BCUT2D eigenvalue weighted by atomic mass is 10.2. The molecule has 0 radical (unpaired) electrons. The van der Waals surface area contributed by atoms with Crippen LogP contribution in [0.5, 0.6) is 0 Å². The molecule has 0 bridgehead atoms. The third kappa shape index (κ3) is 4.24. The quantitative estimate of drug-likeness (QED) is 0.526. The molecule has 0 aromatic carbocycles. The van der Waals surface area contributed by atoms with Crippen molar-refractivity contribution in [1.82, 2.24) is 10.3 Å². The summed E-state index contributed by atoms with van der Waals surface area (Å²) in [5, 5.41) is 2.97. The lowest BCUT2D eigenvalue weighted by molar-refractivity contribution is 0.0939. The van der Waals surface area contributed by atoms with E-state index < -0.39 is 0 Å². The smallest absolute Gasteiger partial charge is 0.253 e. The molecule has 0 aliphatic rings. The van der Waals surface area contributed by atoms with Crippen LogP contribution >= 0.6 is 11.8 Å². The van der Waals surface area contributed by atoms with Crippen LogP contribution in [0.25, 0.3) is 0 Å². The summed E-state index contributed by atoms with van der Waals surface area (Å²) in [5.74, 6) is 6.56. The molecule has 1 rings (SSSR count). The second-order valence-corrected chi connectivity index (χ2v) is 4.52. The van der Waals surface area contributed by atoms with Crippen LogP contribution in [-0.4, -0.2) is 28.9 Å². The van der Waals surface area contributed by atoms with Crippen molar-refractivity contribution in [2.45, 2.75) is 19.4 Å². The van der Waals surface area contributed by atoms with E-state index in [1.54, 1.807) is 23.9 Å². The molecule has 1 amide bonds. The highest BCUT2D eigenvalue weighted by atomic mass is 32.2. The predicted octanol–water partition coefficient (Wildman–Crippen LogP) is 1.24. The van der Waals surface area contributed by atoms with Gasteiger partial charge in [0.2, 0.25) is 0 Å². The molecule has 1 heterocycles. The molecule has 0 saturated heterocycles. The number of nitrogens with two attached hydrogens (primary N) is 1. The molecule has 0 saturated carbocycles. The molecule has 0 fully saturated rings. The van der Waals surface area contributed by atoms with E-state index in [1.165, 1.54) is 6.20 Å². The first kappa shape index (κ1) is 13.8. The molecule has 1 aromatic heterocycles. The zero-order valence-electron chi connectivity index (χ0n) is 10.1. The van der Waals surface area contributed by atoms with Gasteiger partial charge in [-0.2, -0.15) is 11.8 Å². The van der Waals surface area contributed by atoms with Gasteiger partial charge in [0.1, 0.15) is 5.82 Å². The number of carbonyl (C=O) groups is 1. The number of rotatable bonds is 6. The molecule has 6 heteroatoms. The van der Waals surface area contributed by atoms with Crippen molar-refractivity contribution in [3.05, 3.63) is 23.9 Å². The maximum absolute atomic E-state index is 11.9. The number of hydrazine groups is 1. The van der Waals surface area contributed by atoms with E-state index in [1.807, 2.05) is 6.26 Å². The SMILES string of the molecule is CCC(CSC)NC(=O)c1ccc(NN)nc1. The average molecular weight is 254 g/mol. The number of nitrogens with zero attached hydrogens (tertiary/aromatic N) is 1. The molecule has 1 aromatic rings. The van der Waals surface area contributed by atoms with Crippen LogP contribution in [0.3, 0.4) is 0 Å². The summed E-state index contributed by atoms with van der Waals surface area (Å²) < 4.78 is 0. The number of amides is 1. The Kier molecular flexibility index (Phi) is 5.79. The molecular formula is C11H18N4OS. The second-order valence-electron chi connectivity index (χ2n) is 3.61. The van der Waals surface area contributed by atoms with Crippen LogP contribution in [0.2, 0.25) is 0 Å². The standard InChI is InChI=1S/C11H18N4OS/c1-3-9(7-17-2)14-11(16)8-4-5-10(15-12)13-6-8/h4-6,9H,3,7,12H2,1-2H3,(H,13,15)(H,14,16). The summed E-state index contributed by atoms with van der Waals surface area (Å²) >= 11 is 1.72. The number of hydrogen-bond donors (Lipinski definition) is 3. The Bertz CT molecular complexity index is 355. The summed E-state index contributed by atoms with van der Waals surface area (Å²) in [7, 11) is 0. The number of pyridine rings is 1. The van der Waals surface area contributed by atoms with Crippen molar-refractivity contribution in [1.29, 1.82) is 0 Å². The monoisotopic (exact) mass is 254 g/mol. The minimum absolute atomic E-state index is 0.0954. The zero-order chi connectivity index (χ0) is 12.7. The summed E-state index contributed by atoms with van der Waals surface area (Å²) in [6.45, 7) is 2.06. The first-order chi connectivity index (χ1) is 8.21. The summed E-state index contributed by atoms with van der Waals surface area (Å²) in [5.41, 5.74) is 2.96. The number of nitrogen functional groups attached to an aromatic ring is 1. The van der Waals surface area contributed by atoms with Gasteiger partial charge in [0.15, 0.2) is 0 Å². The fraction of sp³-hybridized carbons (Fsp3) is 0.455. The van der Waals surface area contributed by atoms with Gasteiger partial charge in [-0.25, -0.2) is 10.8 Å². The fourth-order valence-electron chi connectivity index (χ4n) is 1.35. The van der Waals surface area contributed by atoms with E-state index in [2.05, 4.69) is 22.7 Å². The van der Waals surface area contributed by atoms with E-state index in [-0.39, 0.29) is 11.9 Å². The van der Waals surface area contributed by atoms with Crippen molar-refractivity contribution in [2.75, 3.05) is 17.4 Å². The Balaban J connectivity index is 2.62. The van der Waals surface area contributed by atoms with Gasteiger partial charge in [-0.3, -0.25) is 4.79 Å². The van der Waals surface area contributed by atoms with Gasteiger partial charge in [-0.1, -0.05) is 6.92 Å². The van der Waals surface area contributed by atoms with Crippen LogP contribution in [0, 0.1) is 0 Å². The van der Waals surface area contributed by atoms with E-state index in [0.717, 1.165) is 12.2 Å². The molecule has 5 nitrogen and oxygen atoms in total. The summed E-state index contributed by atoms with van der Waals surface area (Å²) in [6.07, 6.45) is 4.46. The van der Waals surface area contributed by atoms with Gasteiger partial charge >= 0.3 is 0 Å². The van der Waals surface area contributed by atoms with Crippen molar-refractivity contribution in [3.8, 4) is 0 Å². The van der Waals surface area contributed by atoms with E-state index in [9.17, 15) is 4.79 Å². The lowest BCUT2D eigenvalue weighted by Crippen LogP contribution is -2.36. The summed E-state index contributed by atoms with van der Waals surface area (Å²) in [4.78, 5) is 15.9. The van der Waals surface area contributed by atoms with Crippen molar-refractivity contribution < 1.29 is 4.79 Å². The van der Waals surface area contributed by atoms with Crippen molar-refractivity contribution in [3.63, 3.8) is 0 Å². The van der Waals surface area contributed by atoms with Gasteiger partial charge in [0.05, 0.1) is 5.56 Å². The average Bonchev–Trinajstić information content (AvgIpc) is 2.38. The molecule has 0 spiro atoms. The second kappa shape index (κ2) is 7.13. The largest absolute Gasteiger partial charge is 0.348 e. The van der Waals surface area contributed by atoms with Crippen LogP contribution in [0.1, 0.15) is 23.7 Å². The Morgan fingerprint density at radius 1 is 1.59 bits per heavy atom. The van der Waals surface area contributed by atoms with Gasteiger partial charge in [0.25, 0.3) is 5.91 Å². The number of anilines is 1. The number of thioether (sulfide) groups is 1. The molecule has 94 valence electrons. The molecular weight excluding hydrogens is 236 g/mol. The Labute approximate surface area is 106 Å². The number of carbonyl (C=O) groups excluding carboxylic acids is 1. The predicted molar refractivity (Wildman–Crippen MR) is 72.0 cm³/mol. The van der Waals surface area contributed by atoms with Crippen molar-refractivity contribution >= 4 is 23.5 Å². The highest BCUT2D eigenvalue weighted by Crippen LogP contribution is 2.06. The van der Waals surface area contributed by atoms with Gasteiger partial charge in [0, 0.05) is 18.0 Å². The molecule has 4 N–H and O–H groups in total. The first-order valence-electron chi connectivity index (χ1n) is 5.43. The van der Waals surface area contributed by atoms with Crippen LogP contribution in [0.4, 0.5) is 5.82 Å². The molecule has 17 heavy (non-hydrogen) atoms. The van der Waals surface area contributed by atoms with E-state index >= 15 is 0 Å². The van der Waals surface area contributed by atoms with E-state index in [4.69, 9.17) is 5.84 Å². The normalized spacial score (nSPS) is 11.9. The van der Waals surface area contributed by atoms with Gasteiger partial charge in [-0.05, 0) is 24.8 Å². The fourth-order valence-corrected chi connectivity index (χ4v) is 2.07. The topological polar surface area (TPSA) is 80.0 Å². The first-order valence-corrected chi connectivity index (χ1v) is 6.83. The highest BCUT2D eigenvalue weighted by Gasteiger charge is 2.11. The lowest BCUT2D eigenvalue weighted by Gasteiger charge is -2.15. The minimum atomic E-state index is -0.0954. The molecule has 1 atom stereocenters. The highest BCUT2D eigenvalue weighted by molar-refractivity contribution is 7.98. The molecule has 0 aliphatic carbocycles. The van der Waals surface area contributed by atoms with Crippen LogP contribution < -0.4 is 16.6 Å². The maximum Gasteiger partial charge on any atom is 0.253 e. The number of nitrogens with one attached hydrogen (secondary N) is 2. The number of hydrogen-bond acceptors (Lipinski definition) is 5. The minimum Gasteiger partial charge on any atom is -0.348 e. The Morgan fingerprint density at radius 2 is 2.35 bits per heavy atom. The molecule has 1 unspecified atom stereocenters. The van der Waals surface area contributed by atoms with E-state index in [0.29, 0.717) is 11.4 Å². The Morgan fingerprint density at radius 3 is 2.82 bits per heavy atom. The van der Waals surface area contributed by atoms with Crippen LogP contribution in [-0.2, 0) is 0 Å². The zero-order valence-corrected chi connectivity index (χ0v) is 10.9. The Hall–Kier alpha value is -1.27. The van der Waals surface area contributed by atoms with Crippen LogP contribution in [0.15, 0.2) is 18.3 Å². The maximum atomic E-state index is 11.9. The third-order valence-corrected chi connectivity index (χ3v) is 3.11. The molecule has 0 aliphatic heterocycles. The van der Waals surface area contributed by atoms with Crippen molar-refractivity contribution in [2.24, 2.45) is 5.84 Å². The third-order valence-electron chi connectivity index (χ3n) is 2.37. The number of aromatic nitrogens is 1. The summed E-state index contributed by atoms with van der Waals surface area (Å²) in [6, 6.07) is 3.57. The van der Waals surface area contributed by atoms with Gasteiger partial charge in [-0.15, -0.1) is 0 Å². The van der Waals surface area contributed by atoms with Gasteiger partial charge < -0.3 is 10.7 Å².